The summed E-state index contributed by atoms with van der Waals surface area (Å²) >= 11 is 0. The van der Waals surface area contributed by atoms with Crippen LogP contribution in [0.25, 0.3) is 0 Å². The predicted octanol–water partition coefficient (Wildman–Crippen LogP) is 18.3. The maximum atomic E-state index is 13.0. The van der Waals surface area contributed by atoms with E-state index in [9.17, 15) is 43.2 Å². The summed E-state index contributed by atoms with van der Waals surface area (Å²) in [5.74, 6) is 0.0506. The number of aliphatic hydroxyl groups is 1. The Morgan fingerprint density at radius 1 is 0.318 bits per heavy atom. The fourth-order valence-electron chi connectivity index (χ4n) is 9.83. The molecule has 0 amide bonds. The number of aliphatic hydroxyl groups excluding tert-OH is 1. The number of phosphoric ester groups is 2. The van der Waals surface area contributed by atoms with Crippen molar-refractivity contribution in [1.29, 1.82) is 0 Å². The SMILES string of the molecule is CCCCCCCCCCCCCC(=O)O[C@H](COC(=O)CCCCCCCCCC(C)C)COP(=O)(O)OC[C@H](O)COP(=O)(O)OC[C@@H](COC(=O)CCCCCCCCCCC(C)C)OC(=O)CCCCCCCCCCCCC(C)C. The van der Waals surface area contributed by atoms with E-state index < -0.39 is 97.5 Å². The normalized spacial score (nSPS) is 14.3. The van der Waals surface area contributed by atoms with Crippen LogP contribution in [0.4, 0.5) is 0 Å². The number of esters is 4. The topological polar surface area (TPSA) is 237 Å². The Hall–Kier alpha value is -1.94. The Morgan fingerprint density at radius 2 is 0.541 bits per heavy atom. The van der Waals surface area contributed by atoms with Gasteiger partial charge in [0, 0.05) is 25.7 Å². The Morgan fingerprint density at radius 3 is 0.800 bits per heavy atom. The van der Waals surface area contributed by atoms with E-state index in [-0.39, 0.29) is 25.7 Å². The van der Waals surface area contributed by atoms with Crippen molar-refractivity contribution in [2.24, 2.45) is 17.8 Å². The highest BCUT2D eigenvalue weighted by molar-refractivity contribution is 7.47. The van der Waals surface area contributed by atoms with Gasteiger partial charge >= 0.3 is 39.5 Å². The quantitative estimate of drug-likeness (QED) is 0.0222. The fraction of sp³-hybridized carbons (Fsp3) is 0.939. The molecule has 0 radical (unpaired) electrons. The molecule has 0 aliphatic heterocycles. The van der Waals surface area contributed by atoms with Crippen LogP contribution in [0.2, 0.25) is 0 Å². The molecule has 0 aromatic heterocycles. The van der Waals surface area contributed by atoms with E-state index in [0.29, 0.717) is 31.6 Å². The number of hydrogen-bond acceptors (Lipinski definition) is 15. The van der Waals surface area contributed by atoms with E-state index in [1.807, 2.05) is 0 Å². The molecule has 0 aromatic rings. The van der Waals surface area contributed by atoms with Crippen molar-refractivity contribution in [2.75, 3.05) is 39.6 Å². The van der Waals surface area contributed by atoms with E-state index >= 15 is 0 Å². The molecule has 85 heavy (non-hydrogen) atoms. The molecule has 0 aromatic carbocycles. The van der Waals surface area contributed by atoms with Gasteiger partial charge in [0.15, 0.2) is 12.2 Å². The van der Waals surface area contributed by atoms with Crippen LogP contribution in [0.1, 0.15) is 325 Å². The van der Waals surface area contributed by atoms with Gasteiger partial charge in [0.2, 0.25) is 0 Å². The van der Waals surface area contributed by atoms with Crippen LogP contribution in [0.15, 0.2) is 0 Å². The van der Waals surface area contributed by atoms with Crippen LogP contribution in [0.3, 0.4) is 0 Å². The first-order valence-corrected chi connectivity index (χ1v) is 37.3. The third-order valence-corrected chi connectivity index (χ3v) is 17.0. The Balaban J connectivity index is 5.25. The third kappa shape index (κ3) is 60.7. The Kier molecular flexibility index (Phi) is 55.9. The van der Waals surface area contributed by atoms with Gasteiger partial charge in [-0.2, -0.15) is 0 Å². The summed E-state index contributed by atoms with van der Waals surface area (Å²) in [5.41, 5.74) is 0. The molecule has 0 spiro atoms. The lowest BCUT2D eigenvalue weighted by molar-refractivity contribution is -0.161. The van der Waals surface area contributed by atoms with Crippen molar-refractivity contribution >= 4 is 39.5 Å². The lowest BCUT2D eigenvalue weighted by atomic mass is 10.0. The van der Waals surface area contributed by atoms with E-state index in [4.69, 9.17) is 37.0 Å². The van der Waals surface area contributed by atoms with Gasteiger partial charge in [-0.1, -0.05) is 273 Å². The molecule has 0 aliphatic rings. The smallest absolute Gasteiger partial charge is 0.462 e. The van der Waals surface area contributed by atoms with E-state index in [1.165, 1.54) is 128 Å². The molecule has 5 atom stereocenters. The monoisotopic (exact) mass is 1250 g/mol. The molecule has 17 nitrogen and oxygen atoms in total. The summed E-state index contributed by atoms with van der Waals surface area (Å²) in [6.07, 6.45) is 39.0. The zero-order valence-corrected chi connectivity index (χ0v) is 56.9. The van der Waals surface area contributed by atoms with Crippen molar-refractivity contribution in [2.45, 2.75) is 343 Å². The van der Waals surface area contributed by atoms with Gasteiger partial charge in [0.1, 0.15) is 19.3 Å². The second kappa shape index (κ2) is 57.2. The Labute approximate surface area is 517 Å². The molecule has 0 fully saturated rings. The minimum absolute atomic E-state index is 0.105. The minimum Gasteiger partial charge on any atom is -0.462 e. The van der Waals surface area contributed by atoms with Gasteiger partial charge in [0.05, 0.1) is 26.4 Å². The summed E-state index contributed by atoms with van der Waals surface area (Å²) in [4.78, 5) is 72.3. The van der Waals surface area contributed by atoms with E-state index in [0.717, 1.165) is 108 Å². The second-order valence-electron chi connectivity index (χ2n) is 25.3. The molecular weight excluding hydrogens is 1130 g/mol. The number of hydrogen-bond donors (Lipinski definition) is 3. The van der Waals surface area contributed by atoms with Gasteiger partial charge in [-0.15, -0.1) is 0 Å². The van der Waals surface area contributed by atoms with E-state index in [1.54, 1.807) is 0 Å². The predicted molar refractivity (Wildman–Crippen MR) is 340 cm³/mol. The van der Waals surface area contributed by atoms with Crippen LogP contribution in [-0.2, 0) is 65.4 Å². The number of unbranched alkanes of at least 4 members (excludes halogenated alkanes) is 32. The highest BCUT2D eigenvalue weighted by Gasteiger charge is 2.30. The van der Waals surface area contributed by atoms with Crippen LogP contribution in [-0.4, -0.2) is 96.7 Å². The van der Waals surface area contributed by atoms with Gasteiger partial charge in [-0.3, -0.25) is 37.3 Å². The van der Waals surface area contributed by atoms with Gasteiger partial charge < -0.3 is 33.8 Å². The lowest BCUT2D eigenvalue weighted by Crippen LogP contribution is -2.30. The molecule has 19 heteroatoms. The van der Waals surface area contributed by atoms with Crippen LogP contribution in [0, 0.1) is 17.8 Å². The molecule has 0 saturated heterocycles. The highest BCUT2D eigenvalue weighted by atomic mass is 31.2. The largest absolute Gasteiger partial charge is 0.472 e. The number of carbonyl (C=O) groups is 4. The van der Waals surface area contributed by atoms with Crippen LogP contribution >= 0.6 is 15.6 Å². The molecular formula is C66H128O17P2. The number of rotatable bonds is 64. The molecule has 0 aliphatic carbocycles. The Bertz CT molecular complexity index is 1680. The maximum absolute atomic E-state index is 13.0. The van der Waals surface area contributed by atoms with Gasteiger partial charge in [-0.05, 0) is 43.4 Å². The van der Waals surface area contributed by atoms with Crippen LogP contribution < -0.4 is 0 Å². The van der Waals surface area contributed by atoms with Crippen molar-refractivity contribution in [3.63, 3.8) is 0 Å². The van der Waals surface area contributed by atoms with Crippen molar-refractivity contribution in [3.8, 4) is 0 Å². The summed E-state index contributed by atoms with van der Waals surface area (Å²) in [7, 11) is -9.89. The van der Waals surface area contributed by atoms with E-state index in [2.05, 4.69) is 48.5 Å². The third-order valence-electron chi connectivity index (χ3n) is 15.1. The molecule has 0 heterocycles. The molecule has 3 N–H and O–H groups in total. The fourth-order valence-corrected chi connectivity index (χ4v) is 11.4. The number of phosphoric acid groups is 2. The molecule has 0 bridgehead atoms. The summed E-state index contributed by atoms with van der Waals surface area (Å²) in [6.45, 7) is 11.7. The summed E-state index contributed by atoms with van der Waals surface area (Å²) in [6, 6.07) is 0. The first kappa shape index (κ1) is 83.1. The van der Waals surface area contributed by atoms with Gasteiger partial charge in [0.25, 0.3) is 0 Å². The molecule has 2 unspecified atom stereocenters. The molecule has 0 rings (SSSR count). The number of ether oxygens (including phenoxy) is 4. The zero-order chi connectivity index (χ0) is 63.1. The number of carbonyl (C=O) groups excluding carboxylic acids is 4. The van der Waals surface area contributed by atoms with Crippen molar-refractivity contribution in [1.82, 2.24) is 0 Å². The highest BCUT2D eigenvalue weighted by Crippen LogP contribution is 2.45. The average Bonchev–Trinajstić information content (AvgIpc) is 3.50. The molecule has 504 valence electrons. The standard InChI is InChI=1S/C66H128O17P2/c1-8-9-10-11-12-13-14-18-27-35-42-49-65(70)83-62(54-77-64(69)48-41-34-29-22-25-32-39-46-59(6)7)56-81-85(74,75)79-52-60(67)51-78-84(72,73)80-55-61(53-76-63(68)47-40-33-26-21-20-24-31-38-45-58(4)5)82-66(71)50-43-36-28-19-16-15-17-23-30-37-44-57(2)3/h57-62,67H,8-56H2,1-7H3,(H,72,73)(H,74,75)/t60-,61-,62-/m1/s1. The average molecular weight is 1260 g/mol. The van der Waals surface area contributed by atoms with Crippen molar-refractivity contribution < 1.29 is 80.2 Å². The van der Waals surface area contributed by atoms with Gasteiger partial charge in [-0.25, -0.2) is 9.13 Å². The van der Waals surface area contributed by atoms with Crippen LogP contribution in [0.5, 0.6) is 0 Å². The summed E-state index contributed by atoms with van der Waals surface area (Å²) < 4.78 is 68.1. The minimum atomic E-state index is -4.95. The summed E-state index contributed by atoms with van der Waals surface area (Å²) in [5, 5.41) is 10.6. The van der Waals surface area contributed by atoms with Crippen molar-refractivity contribution in [3.05, 3.63) is 0 Å². The lowest BCUT2D eigenvalue weighted by Gasteiger charge is -2.21. The molecule has 0 saturated carbocycles. The first-order valence-electron chi connectivity index (χ1n) is 34.3. The first-order chi connectivity index (χ1) is 40.7. The zero-order valence-electron chi connectivity index (χ0n) is 55.1. The second-order valence-corrected chi connectivity index (χ2v) is 28.2. The maximum Gasteiger partial charge on any atom is 0.472 e.